The van der Waals surface area contributed by atoms with Gasteiger partial charge in [0.05, 0.1) is 0 Å². The van der Waals surface area contributed by atoms with Crippen LogP contribution in [0.15, 0.2) is 48.7 Å². The molecule has 0 saturated heterocycles. The van der Waals surface area contributed by atoms with Gasteiger partial charge in [0.25, 0.3) is 0 Å². The molecule has 4 rings (SSSR count). The number of benzene rings is 2. The Morgan fingerprint density at radius 3 is 2.89 bits per heavy atom. The van der Waals surface area contributed by atoms with Gasteiger partial charge in [-0.3, -0.25) is 4.79 Å². The number of hydrogen-bond donors (Lipinski definition) is 1. The molecule has 4 nitrogen and oxygen atoms in total. The molecule has 3 aromatic rings. The van der Waals surface area contributed by atoms with Gasteiger partial charge in [0.2, 0.25) is 5.91 Å². The van der Waals surface area contributed by atoms with E-state index in [4.69, 9.17) is 11.6 Å². The van der Waals surface area contributed by atoms with Crippen molar-refractivity contribution in [1.29, 1.82) is 0 Å². The minimum atomic E-state index is 0.178. The molecule has 0 saturated carbocycles. The van der Waals surface area contributed by atoms with E-state index in [0.29, 0.717) is 12.3 Å². The van der Waals surface area contributed by atoms with Crippen LogP contribution in [0.1, 0.15) is 17.5 Å². The van der Waals surface area contributed by atoms with E-state index in [1.807, 2.05) is 41.4 Å². The number of para-hydroxylation sites is 1. The second-order valence-corrected chi connectivity index (χ2v) is 8.41. The van der Waals surface area contributed by atoms with Crippen molar-refractivity contribution in [3.05, 3.63) is 64.8 Å². The molecule has 2 heterocycles. The number of anilines is 1. The van der Waals surface area contributed by atoms with Crippen LogP contribution < -0.4 is 4.90 Å². The number of rotatable bonds is 5. The largest absolute Gasteiger partial charge is 0.361 e. The monoisotopic (exact) mass is 395 g/mol. The predicted molar refractivity (Wildman–Crippen MR) is 116 cm³/mol. The van der Waals surface area contributed by atoms with Gasteiger partial charge >= 0.3 is 0 Å². The van der Waals surface area contributed by atoms with Gasteiger partial charge in [0, 0.05) is 47.3 Å². The molecule has 146 valence electrons. The summed E-state index contributed by atoms with van der Waals surface area (Å²) in [6, 6.07) is 14.1. The number of H-pyrrole nitrogens is 1. The quantitative estimate of drug-likeness (QED) is 0.689. The summed E-state index contributed by atoms with van der Waals surface area (Å²) in [6.45, 7) is 1.72. The third-order valence-corrected chi connectivity index (χ3v) is 5.72. The maximum absolute atomic E-state index is 13.2. The molecule has 0 spiro atoms. The molecule has 5 heteroatoms. The van der Waals surface area contributed by atoms with Gasteiger partial charge in [0.15, 0.2) is 0 Å². The standard InChI is InChI=1S/C23H26ClN3O/c1-26(2)14-16-11-18-12-19(24)8-9-22(18)27(15-16)23(28)10-7-17-13-25-21-6-4-3-5-20(17)21/h3-6,8-9,12-13,16,25H,7,10-11,14-15H2,1-2H3/t16-/m0/s1. The lowest BCUT2D eigenvalue weighted by Crippen LogP contribution is -2.43. The first-order valence-electron chi connectivity index (χ1n) is 9.80. The number of carbonyl (C=O) groups is 1. The molecule has 0 radical (unpaired) electrons. The van der Waals surface area contributed by atoms with Gasteiger partial charge in [-0.05, 0) is 68.2 Å². The maximum atomic E-state index is 13.2. The highest BCUT2D eigenvalue weighted by molar-refractivity contribution is 6.30. The summed E-state index contributed by atoms with van der Waals surface area (Å²) >= 11 is 6.22. The van der Waals surface area contributed by atoms with E-state index in [2.05, 4.69) is 36.1 Å². The lowest BCUT2D eigenvalue weighted by atomic mass is 9.91. The average molecular weight is 396 g/mol. The number of halogens is 1. The molecular weight excluding hydrogens is 370 g/mol. The van der Waals surface area contributed by atoms with Crippen molar-refractivity contribution in [2.75, 3.05) is 32.1 Å². The van der Waals surface area contributed by atoms with Crippen LogP contribution >= 0.6 is 11.6 Å². The second kappa shape index (κ2) is 7.98. The number of nitrogens with zero attached hydrogens (tertiary/aromatic N) is 2. The highest BCUT2D eigenvalue weighted by atomic mass is 35.5. The van der Waals surface area contributed by atoms with Gasteiger partial charge in [-0.25, -0.2) is 0 Å². The summed E-state index contributed by atoms with van der Waals surface area (Å²) in [5, 5.41) is 1.93. The number of aryl methyl sites for hydroxylation is 1. The number of carbonyl (C=O) groups excluding carboxylic acids is 1. The minimum Gasteiger partial charge on any atom is -0.361 e. The van der Waals surface area contributed by atoms with Crippen LogP contribution in [0, 0.1) is 5.92 Å². The van der Waals surface area contributed by atoms with Gasteiger partial charge in [-0.2, -0.15) is 0 Å². The lowest BCUT2D eigenvalue weighted by Gasteiger charge is -2.36. The summed E-state index contributed by atoms with van der Waals surface area (Å²) in [7, 11) is 4.16. The number of aromatic nitrogens is 1. The SMILES string of the molecule is CN(C)C[C@@H]1Cc2cc(Cl)ccc2N(C(=O)CCc2c[nH]c3ccccc23)C1. The van der Waals surface area contributed by atoms with E-state index in [1.54, 1.807) is 0 Å². The van der Waals surface area contributed by atoms with Crippen LogP contribution in [-0.2, 0) is 17.6 Å². The highest BCUT2D eigenvalue weighted by Crippen LogP contribution is 2.33. The molecule has 0 aliphatic carbocycles. The Labute approximate surface area is 171 Å². The van der Waals surface area contributed by atoms with Crippen molar-refractivity contribution in [3.63, 3.8) is 0 Å². The summed E-state index contributed by atoms with van der Waals surface area (Å²) in [6.07, 6.45) is 4.22. The van der Waals surface area contributed by atoms with Gasteiger partial charge < -0.3 is 14.8 Å². The number of amides is 1. The fraction of sp³-hybridized carbons (Fsp3) is 0.348. The lowest BCUT2D eigenvalue weighted by molar-refractivity contribution is -0.118. The van der Waals surface area contributed by atoms with E-state index in [-0.39, 0.29) is 5.91 Å². The van der Waals surface area contributed by atoms with Crippen LogP contribution in [0.2, 0.25) is 5.02 Å². The van der Waals surface area contributed by atoms with E-state index < -0.39 is 0 Å². The minimum absolute atomic E-state index is 0.178. The molecule has 0 unspecified atom stereocenters. The molecule has 1 atom stereocenters. The van der Waals surface area contributed by atoms with Crippen molar-refractivity contribution in [2.45, 2.75) is 19.3 Å². The molecule has 1 aliphatic rings. The zero-order chi connectivity index (χ0) is 19.7. The van der Waals surface area contributed by atoms with Crippen LogP contribution in [0.3, 0.4) is 0 Å². The summed E-state index contributed by atoms with van der Waals surface area (Å²) in [4.78, 5) is 20.6. The Balaban J connectivity index is 1.53. The molecule has 1 aromatic heterocycles. The first-order chi connectivity index (χ1) is 13.5. The van der Waals surface area contributed by atoms with Gasteiger partial charge in [0.1, 0.15) is 0 Å². The van der Waals surface area contributed by atoms with Crippen molar-refractivity contribution >= 4 is 34.1 Å². The molecule has 28 heavy (non-hydrogen) atoms. The van der Waals surface area contributed by atoms with Crippen molar-refractivity contribution in [1.82, 2.24) is 9.88 Å². The summed E-state index contributed by atoms with van der Waals surface area (Å²) in [5.41, 5.74) is 4.51. The number of hydrogen-bond acceptors (Lipinski definition) is 2. The Bertz CT molecular complexity index is 994. The van der Waals surface area contributed by atoms with Crippen LogP contribution in [0.5, 0.6) is 0 Å². The first kappa shape index (κ1) is 19.0. The topological polar surface area (TPSA) is 39.3 Å². The van der Waals surface area contributed by atoms with E-state index in [0.717, 1.165) is 42.2 Å². The van der Waals surface area contributed by atoms with E-state index in [9.17, 15) is 4.79 Å². The third kappa shape index (κ3) is 3.94. The molecule has 2 aromatic carbocycles. The van der Waals surface area contributed by atoms with Crippen LogP contribution in [-0.4, -0.2) is 43.0 Å². The number of fused-ring (bicyclic) bond motifs is 2. The van der Waals surface area contributed by atoms with E-state index in [1.165, 1.54) is 16.5 Å². The zero-order valence-corrected chi connectivity index (χ0v) is 17.2. The Morgan fingerprint density at radius 2 is 2.07 bits per heavy atom. The Hall–Kier alpha value is -2.30. The Kier molecular flexibility index (Phi) is 5.42. The predicted octanol–water partition coefficient (Wildman–Crippen LogP) is 4.52. The van der Waals surface area contributed by atoms with Gasteiger partial charge in [-0.15, -0.1) is 0 Å². The molecule has 0 fully saturated rings. The van der Waals surface area contributed by atoms with Crippen molar-refractivity contribution in [2.24, 2.45) is 5.92 Å². The van der Waals surface area contributed by atoms with Crippen LogP contribution in [0.4, 0.5) is 5.69 Å². The highest BCUT2D eigenvalue weighted by Gasteiger charge is 2.28. The first-order valence-corrected chi connectivity index (χ1v) is 10.2. The smallest absolute Gasteiger partial charge is 0.227 e. The normalized spacial score (nSPS) is 16.6. The zero-order valence-electron chi connectivity index (χ0n) is 16.4. The van der Waals surface area contributed by atoms with Gasteiger partial charge in [-0.1, -0.05) is 29.8 Å². The maximum Gasteiger partial charge on any atom is 0.227 e. The summed E-state index contributed by atoms with van der Waals surface area (Å²) < 4.78 is 0. The molecular formula is C23H26ClN3O. The van der Waals surface area contributed by atoms with E-state index >= 15 is 0 Å². The third-order valence-electron chi connectivity index (χ3n) is 5.49. The Morgan fingerprint density at radius 1 is 1.25 bits per heavy atom. The molecule has 1 aliphatic heterocycles. The number of nitrogens with one attached hydrogen (secondary N) is 1. The average Bonchev–Trinajstić information content (AvgIpc) is 3.08. The fourth-order valence-corrected chi connectivity index (χ4v) is 4.50. The molecule has 1 N–H and O–H groups in total. The summed E-state index contributed by atoms with van der Waals surface area (Å²) in [5.74, 6) is 0.593. The van der Waals surface area contributed by atoms with Crippen LogP contribution in [0.25, 0.3) is 10.9 Å². The molecule has 0 bridgehead atoms. The second-order valence-electron chi connectivity index (χ2n) is 7.97. The van der Waals surface area contributed by atoms with Crippen molar-refractivity contribution in [3.8, 4) is 0 Å². The van der Waals surface area contributed by atoms with Crippen molar-refractivity contribution < 1.29 is 4.79 Å². The number of aromatic amines is 1. The molecule has 1 amide bonds. The fourth-order valence-electron chi connectivity index (χ4n) is 4.30.